The molecule has 2 nitrogen and oxygen atoms in total. The van der Waals surface area contributed by atoms with E-state index in [1.165, 1.54) is 0 Å². The van der Waals surface area contributed by atoms with Crippen molar-refractivity contribution >= 4 is 29.1 Å². The molecule has 0 aliphatic carbocycles. The van der Waals surface area contributed by atoms with Crippen LogP contribution >= 0.6 is 23.4 Å². The van der Waals surface area contributed by atoms with Crippen LogP contribution in [0, 0.1) is 0 Å². The van der Waals surface area contributed by atoms with Crippen LogP contribution in [0.4, 0.5) is 5.69 Å². The number of rotatable bonds is 3. The summed E-state index contributed by atoms with van der Waals surface area (Å²) in [6, 6.07) is 13.3. The average Bonchev–Trinajstić information content (AvgIpc) is 2.34. The number of anilines is 1. The van der Waals surface area contributed by atoms with E-state index in [4.69, 9.17) is 22.1 Å². The van der Waals surface area contributed by atoms with Gasteiger partial charge in [-0.1, -0.05) is 23.4 Å². The van der Waals surface area contributed by atoms with Gasteiger partial charge in [0, 0.05) is 26.6 Å². The molecule has 2 aromatic rings. The van der Waals surface area contributed by atoms with E-state index in [2.05, 4.69) is 0 Å². The van der Waals surface area contributed by atoms with E-state index in [0.29, 0.717) is 5.69 Å². The predicted octanol–water partition coefficient (Wildman–Crippen LogP) is 4.08. The highest BCUT2D eigenvalue weighted by molar-refractivity contribution is 7.99. The first-order chi connectivity index (χ1) is 8.19. The Balaban J connectivity index is 2.21. The largest absolute Gasteiger partial charge is 0.497 e. The lowest BCUT2D eigenvalue weighted by atomic mass is 10.3. The average molecular weight is 266 g/mol. The summed E-state index contributed by atoms with van der Waals surface area (Å²) in [6.45, 7) is 0. The molecule has 0 heterocycles. The van der Waals surface area contributed by atoms with Gasteiger partial charge in [-0.05, 0) is 36.4 Å². The molecule has 2 rings (SSSR count). The Morgan fingerprint density at radius 1 is 1.12 bits per heavy atom. The van der Waals surface area contributed by atoms with Crippen LogP contribution in [0.25, 0.3) is 0 Å². The van der Waals surface area contributed by atoms with Gasteiger partial charge in [0.05, 0.1) is 7.11 Å². The van der Waals surface area contributed by atoms with Crippen molar-refractivity contribution < 1.29 is 4.74 Å². The Morgan fingerprint density at radius 2 is 1.82 bits per heavy atom. The second-order valence-corrected chi connectivity index (χ2v) is 5.01. The van der Waals surface area contributed by atoms with E-state index >= 15 is 0 Å². The normalized spacial score (nSPS) is 10.2. The lowest BCUT2D eigenvalue weighted by Crippen LogP contribution is -1.90. The third kappa shape index (κ3) is 3.08. The number of nitrogen functional groups attached to an aromatic ring is 1. The Kier molecular flexibility index (Phi) is 3.82. The molecule has 0 saturated carbocycles. The highest BCUT2D eigenvalue weighted by atomic mass is 35.5. The molecule has 88 valence electrons. The Labute approximate surface area is 110 Å². The Hall–Kier alpha value is -1.32. The monoisotopic (exact) mass is 265 g/mol. The van der Waals surface area contributed by atoms with Gasteiger partial charge in [-0.15, -0.1) is 0 Å². The summed E-state index contributed by atoms with van der Waals surface area (Å²) in [6.07, 6.45) is 0. The number of benzene rings is 2. The molecule has 2 aromatic carbocycles. The molecule has 0 saturated heterocycles. The maximum Gasteiger partial charge on any atom is 0.120 e. The van der Waals surface area contributed by atoms with E-state index < -0.39 is 0 Å². The SMILES string of the molecule is COc1ccc(Sc2ccc(Cl)cc2)c(N)c1. The molecular formula is C13H12ClNOS. The van der Waals surface area contributed by atoms with E-state index in [9.17, 15) is 0 Å². The zero-order valence-electron chi connectivity index (χ0n) is 9.31. The molecule has 0 bridgehead atoms. The summed E-state index contributed by atoms with van der Waals surface area (Å²) in [4.78, 5) is 2.11. The van der Waals surface area contributed by atoms with Crippen LogP contribution in [0.1, 0.15) is 0 Å². The fourth-order valence-corrected chi connectivity index (χ4v) is 2.34. The van der Waals surface area contributed by atoms with Crippen LogP contribution in [0.15, 0.2) is 52.3 Å². The van der Waals surface area contributed by atoms with E-state index in [1.54, 1.807) is 18.9 Å². The first-order valence-corrected chi connectivity index (χ1v) is 6.25. The molecule has 0 amide bonds. The maximum absolute atomic E-state index is 5.95. The minimum Gasteiger partial charge on any atom is -0.497 e. The van der Waals surface area contributed by atoms with E-state index in [1.807, 2.05) is 42.5 Å². The van der Waals surface area contributed by atoms with Crippen molar-refractivity contribution in [1.82, 2.24) is 0 Å². The van der Waals surface area contributed by atoms with Crippen LogP contribution < -0.4 is 10.5 Å². The van der Waals surface area contributed by atoms with Crippen LogP contribution in [0.5, 0.6) is 5.75 Å². The summed E-state index contributed by atoms with van der Waals surface area (Å²) in [5.74, 6) is 0.767. The fourth-order valence-electron chi connectivity index (χ4n) is 1.38. The van der Waals surface area contributed by atoms with Gasteiger partial charge in [-0.25, -0.2) is 0 Å². The molecule has 4 heteroatoms. The lowest BCUT2D eigenvalue weighted by molar-refractivity contribution is 0.415. The van der Waals surface area contributed by atoms with Crippen molar-refractivity contribution in [3.8, 4) is 5.75 Å². The van der Waals surface area contributed by atoms with Gasteiger partial charge < -0.3 is 10.5 Å². The zero-order chi connectivity index (χ0) is 12.3. The van der Waals surface area contributed by atoms with E-state index in [0.717, 1.165) is 20.6 Å². The minimum absolute atomic E-state index is 0.712. The van der Waals surface area contributed by atoms with Crippen molar-refractivity contribution in [3.63, 3.8) is 0 Å². The molecule has 0 fully saturated rings. The summed E-state index contributed by atoms with van der Waals surface area (Å²) in [7, 11) is 1.63. The number of hydrogen-bond donors (Lipinski definition) is 1. The van der Waals surface area contributed by atoms with Crippen LogP contribution in [-0.2, 0) is 0 Å². The minimum atomic E-state index is 0.712. The molecule has 0 aromatic heterocycles. The second kappa shape index (κ2) is 5.34. The number of methoxy groups -OCH3 is 1. The van der Waals surface area contributed by atoms with Crippen LogP contribution in [-0.4, -0.2) is 7.11 Å². The number of ether oxygens (including phenoxy) is 1. The van der Waals surface area contributed by atoms with Gasteiger partial charge in [0.25, 0.3) is 0 Å². The van der Waals surface area contributed by atoms with Gasteiger partial charge in [0.2, 0.25) is 0 Å². The van der Waals surface area contributed by atoms with Crippen LogP contribution in [0.3, 0.4) is 0 Å². The smallest absolute Gasteiger partial charge is 0.120 e. The molecule has 0 spiro atoms. The number of nitrogens with two attached hydrogens (primary N) is 1. The Morgan fingerprint density at radius 3 is 2.41 bits per heavy atom. The highest BCUT2D eigenvalue weighted by Gasteiger charge is 2.03. The van der Waals surface area contributed by atoms with Crippen molar-refractivity contribution in [2.75, 3.05) is 12.8 Å². The van der Waals surface area contributed by atoms with Gasteiger partial charge in [-0.3, -0.25) is 0 Å². The molecule has 0 radical (unpaired) electrons. The summed E-state index contributed by atoms with van der Waals surface area (Å²) in [5, 5.41) is 0.733. The molecule has 0 aliphatic rings. The molecule has 0 atom stereocenters. The van der Waals surface area contributed by atoms with E-state index in [-0.39, 0.29) is 0 Å². The highest BCUT2D eigenvalue weighted by Crippen LogP contribution is 2.34. The Bertz CT molecular complexity index is 513. The standard InChI is InChI=1S/C13H12ClNOS/c1-16-10-4-7-13(12(15)8-10)17-11-5-2-9(14)3-6-11/h2-8H,15H2,1H3. The van der Waals surface area contributed by atoms with Gasteiger partial charge >= 0.3 is 0 Å². The van der Waals surface area contributed by atoms with Crippen LogP contribution in [0.2, 0.25) is 5.02 Å². The second-order valence-electron chi connectivity index (χ2n) is 3.46. The molecule has 2 N–H and O–H groups in total. The van der Waals surface area contributed by atoms with Gasteiger partial charge in [0.15, 0.2) is 0 Å². The van der Waals surface area contributed by atoms with Crippen molar-refractivity contribution in [2.24, 2.45) is 0 Å². The third-order valence-electron chi connectivity index (χ3n) is 2.26. The van der Waals surface area contributed by atoms with Crippen molar-refractivity contribution in [3.05, 3.63) is 47.5 Å². The third-order valence-corrected chi connectivity index (χ3v) is 3.61. The molecular weight excluding hydrogens is 254 g/mol. The lowest BCUT2D eigenvalue weighted by Gasteiger charge is -2.07. The van der Waals surface area contributed by atoms with Crippen molar-refractivity contribution in [2.45, 2.75) is 9.79 Å². The first kappa shape index (κ1) is 12.1. The first-order valence-electron chi connectivity index (χ1n) is 5.06. The molecule has 0 aliphatic heterocycles. The summed E-state index contributed by atoms with van der Waals surface area (Å²) in [5.41, 5.74) is 6.66. The predicted molar refractivity (Wildman–Crippen MR) is 73.0 cm³/mol. The molecule has 0 unspecified atom stereocenters. The fraction of sp³-hybridized carbons (Fsp3) is 0.0769. The maximum atomic E-state index is 5.95. The summed E-state index contributed by atoms with van der Waals surface area (Å²) < 4.78 is 5.11. The summed E-state index contributed by atoms with van der Waals surface area (Å²) >= 11 is 7.44. The number of halogens is 1. The quantitative estimate of drug-likeness (QED) is 0.850. The van der Waals surface area contributed by atoms with Gasteiger partial charge in [0.1, 0.15) is 5.75 Å². The van der Waals surface area contributed by atoms with Crippen molar-refractivity contribution in [1.29, 1.82) is 0 Å². The number of hydrogen-bond acceptors (Lipinski definition) is 3. The van der Waals surface area contributed by atoms with Gasteiger partial charge in [-0.2, -0.15) is 0 Å². The zero-order valence-corrected chi connectivity index (χ0v) is 10.9. The molecule has 17 heavy (non-hydrogen) atoms. The topological polar surface area (TPSA) is 35.2 Å².